The number of nitrogens with zero attached hydrogens (tertiary/aromatic N) is 1. The van der Waals surface area contributed by atoms with Crippen LogP contribution in [0.2, 0.25) is 0 Å². The van der Waals surface area contributed by atoms with E-state index in [1.807, 2.05) is 0 Å². The zero-order chi connectivity index (χ0) is 12.4. The second-order valence-electron chi connectivity index (χ2n) is 3.52. The second-order valence-corrected chi connectivity index (χ2v) is 4.44. The maximum absolute atomic E-state index is 12.2. The van der Waals surface area contributed by atoms with Crippen LogP contribution in [-0.2, 0) is 0 Å². The fourth-order valence-electron chi connectivity index (χ4n) is 1.47. The summed E-state index contributed by atoms with van der Waals surface area (Å²) < 4.78 is 0.789. The number of halogens is 1. The van der Waals surface area contributed by atoms with E-state index in [-0.39, 0.29) is 5.78 Å². The van der Waals surface area contributed by atoms with E-state index in [1.165, 1.54) is 12.4 Å². The monoisotopic (exact) mass is 291 g/mol. The van der Waals surface area contributed by atoms with Crippen molar-refractivity contribution < 1.29 is 4.79 Å². The summed E-state index contributed by atoms with van der Waals surface area (Å²) in [7, 11) is 0. The van der Waals surface area contributed by atoms with Gasteiger partial charge >= 0.3 is 0 Å². The van der Waals surface area contributed by atoms with Crippen LogP contribution in [0.4, 0.5) is 11.4 Å². The molecular weight excluding hydrogens is 282 g/mol. The van der Waals surface area contributed by atoms with Crippen molar-refractivity contribution in [2.75, 3.05) is 11.5 Å². The van der Waals surface area contributed by atoms with Crippen molar-refractivity contribution in [1.82, 2.24) is 4.98 Å². The third-order valence-corrected chi connectivity index (χ3v) is 2.85. The second kappa shape index (κ2) is 4.55. The molecule has 0 amide bonds. The Morgan fingerprint density at radius 2 is 1.82 bits per heavy atom. The van der Waals surface area contributed by atoms with Gasteiger partial charge < -0.3 is 11.5 Å². The summed E-state index contributed by atoms with van der Waals surface area (Å²) in [5.74, 6) is -0.227. The predicted molar refractivity (Wildman–Crippen MR) is 70.6 cm³/mol. The summed E-state index contributed by atoms with van der Waals surface area (Å²) in [6.45, 7) is 0. The highest BCUT2D eigenvalue weighted by molar-refractivity contribution is 9.10. The van der Waals surface area contributed by atoms with Crippen LogP contribution < -0.4 is 11.5 Å². The number of nitrogens with two attached hydrogens (primary N) is 2. The Balaban J connectivity index is 2.51. The smallest absolute Gasteiger partial charge is 0.198 e. The Kier molecular flexibility index (Phi) is 3.10. The maximum atomic E-state index is 12.2. The normalized spacial score (nSPS) is 10.2. The molecule has 17 heavy (non-hydrogen) atoms. The van der Waals surface area contributed by atoms with Gasteiger partial charge in [-0.15, -0.1) is 0 Å². The van der Waals surface area contributed by atoms with Gasteiger partial charge in [0.25, 0.3) is 0 Å². The van der Waals surface area contributed by atoms with Gasteiger partial charge in [0.15, 0.2) is 5.78 Å². The van der Waals surface area contributed by atoms with Gasteiger partial charge in [0, 0.05) is 33.8 Å². The van der Waals surface area contributed by atoms with Gasteiger partial charge in [0.05, 0.1) is 5.56 Å². The van der Waals surface area contributed by atoms with Crippen molar-refractivity contribution in [3.8, 4) is 0 Å². The van der Waals surface area contributed by atoms with Gasteiger partial charge in [-0.2, -0.15) is 0 Å². The maximum Gasteiger partial charge on any atom is 0.198 e. The fraction of sp³-hybridized carbons (Fsp3) is 0. The largest absolute Gasteiger partial charge is 0.398 e. The molecule has 1 heterocycles. The molecule has 0 saturated heterocycles. The van der Waals surface area contributed by atoms with Crippen LogP contribution in [0.3, 0.4) is 0 Å². The highest BCUT2D eigenvalue weighted by Crippen LogP contribution is 2.23. The summed E-state index contributed by atoms with van der Waals surface area (Å²) in [6, 6.07) is 6.70. The summed E-state index contributed by atoms with van der Waals surface area (Å²) >= 11 is 3.30. The van der Waals surface area contributed by atoms with E-state index in [1.54, 1.807) is 24.3 Å². The molecular formula is C12H10BrN3O. The number of aromatic nitrogens is 1. The molecule has 0 fully saturated rings. The van der Waals surface area contributed by atoms with Crippen LogP contribution in [-0.4, -0.2) is 10.8 Å². The number of hydrogen-bond donors (Lipinski definition) is 2. The first-order chi connectivity index (χ1) is 8.09. The van der Waals surface area contributed by atoms with Gasteiger partial charge in [0.1, 0.15) is 0 Å². The zero-order valence-electron chi connectivity index (χ0n) is 8.85. The third-order valence-electron chi connectivity index (χ3n) is 2.36. The quantitative estimate of drug-likeness (QED) is 0.657. The minimum atomic E-state index is -0.227. The van der Waals surface area contributed by atoms with E-state index in [0.29, 0.717) is 22.5 Å². The lowest BCUT2D eigenvalue weighted by atomic mass is 10.0. The predicted octanol–water partition coefficient (Wildman–Crippen LogP) is 2.24. The molecule has 4 N–H and O–H groups in total. The van der Waals surface area contributed by atoms with Crippen molar-refractivity contribution in [3.63, 3.8) is 0 Å². The number of pyridine rings is 1. The minimum Gasteiger partial charge on any atom is -0.398 e. The Hall–Kier alpha value is -1.88. The molecule has 0 spiro atoms. The van der Waals surface area contributed by atoms with Crippen LogP contribution in [0.25, 0.3) is 0 Å². The lowest BCUT2D eigenvalue weighted by Crippen LogP contribution is -2.08. The first-order valence-electron chi connectivity index (χ1n) is 4.89. The highest BCUT2D eigenvalue weighted by Gasteiger charge is 2.15. The average Bonchev–Trinajstić information content (AvgIpc) is 2.32. The van der Waals surface area contributed by atoms with Gasteiger partial charge in [-0.25, -0.2) is 0 Å². The molecule has 1 aromatic carbocycles. The summed E-state index contributed by atoms with van der Waals surface area (Å²) in [6.07, 6.45) is 2.98. The van der Waals surface area contributed by atoms with Crippen molar-refractivity contribution in [1.29, 1.82) is 0 Å². The number of benzene rings is 1. The van der Waals surface area contributed by atoms with Crippen molar-refractivity contribution in [3.05, 3.63) is 52.3 Å². The number of anilines is 2. The topological polar surface area (TPSA) is 82.0 Å². The van der Waals surface area contributed by atoms with E-state index >= 15 is 0 Å². The molecule has 0 aliphatic carbocycles. The molecule has 2 rings (SSSR count). The van der Waals surface area contributed by atoms with E-state index < -0.39 is 0 Å². The fourth-order valence-corrected chi connectivity index (χ4v) is 1.83. The molecule has 2 aromatic rings. The summed E-state index contributed by atoms with van der Waals surface area (Å²) in [4.78, 5) is 16.1. The van der Waals surface area contributed by atoms with E-state index in [4.69, 9.17) is 11.5 Å². The first kappa shape index (κ1) is 11.6. The number of ketones is 1. The lowest BCUT2D eigenvalue weighted by molar-refractivity contribution is 0.104. The summed E-state index contributed by atoms with van der Waals surface area (Å²) in [5.41, 5.74) is 13.1. The Bertz CT molecular complexity index is 584. The van der Waals surface area contributed by atoms with Crippen LogP contribution in [0.5, 0.6) is 0 Å². The molecule has 0 aliphatic heterocycles. The number of carbonyl (C=O) groups excluding carboxylic acids is 1. The van der Waals surface area contributed by atoms with Crippen molar-refractivity contribution in [2.45, 2.75) is 0 Å². The Morgan fingerprint density at radius 3 is 2.53 bits per heavy atom. The molecule has 0 unspecified atom stereocenters. The van der Waals surface area contributed by atoms with E-state index in [9.17, 15) is 4.79 Å². The van der Waals surface area contributed by atoms with Crippen molar-refractivity contribution >= 4 is 33.1 Å². The van der Waals surface area contributed by atoms with Crippen LogP contribution in [0.1, 0.15) is 15.9 Å². The number of hydrogen-bond acceptors (Lipinski definition) is 4. The zero-order valence-corrected chi connectivity index (χ0v) is 10.4. The molecule has 5 heteroatoms. The first-order valence-corrected chi connectivity index (χ1v) is 5.68. The summed E-state index contributed by atoms with van der Waals surface area (Å²) in [5, 5.41) is 0. The van der Waals surface area contributed by atoms with Gasteiger partial charge in [0.2, 0.25) is 0 Å². The third kappa shape index (κ3) is 2.29. The van der Waals surface area contributed by atoms with E-state index in [2.05, 4.69) is 20.9 Å². The molecule has 1 aromatic heterocycles. The van der Waals surface area contributed by atoms with Gasteiger partial charge in [-0.3, -0.25) is 9.78 Å². The van der Waals surface area contributed by atoms with Crippen molar-refractivity contribution in [2.24, 2.45) is 0 Å². The minimum absolute atomic E-state index is 0.227. The molecule has 0 radical (unpaired) electrons. The highest BCUT2D eigenvalue weighted by atomic mass is 79.9. The Morgan fingerprint density at radius 1 is 1.12 bits per heavy atom. The molecule has 0 aliphatic rings. The SMILES string of the molecule is Nc1ccncc1C(=O)c1cc(Br)ccc1N. The lowest BCUT2D eigenvalue weighted by Gasteiger charge is -2.07. The van der Waals surface area contributed by atoms with Gasteiger partial charge in [-0.1, -0.05) is 15.9 Å². The molecule has 4 nitrogen and oxygen atoms in total. The standard InChI is InChI=1S/C12H10BrN3O/c13-7-1-2-10(14)8(5-7)12(17)9-6-16-4-3-11(9)15/h1-6H,14H2,(H2,15,16). The van der Waals surface area contributed by atoms with E-state index in [0.717, 1.165) is 4.47 Å². The molecule has 0 bridgehead atoms. The molecule has 86 valence electrons. The molecule has 0 saturated carbocycles. The molecule has 0 atom stereocenters. The number of nitrogen functional groups attached to an aromatic ring is 2. The van der Waals surface area contributed by atoms with Crippen LogP contribution in [0.15, 0.2) is 41.1 Å². The number of rotatable bonds is 2. The van der Waals surface area contributed by atoms with Crippen LogP contribution >= 0.6 is 15.9 Å². The van der Waals surface area contributed by atoms with Gasteiger partial charge in [-0.05, 0) is 24.3 Å². The Labute approximate surface area is 107 Å². The average molecular weight is 292 g/mol. The van der Waals surface area contributed by atoms with Crippen LogP contribution in [0, 0.1) is 0 Å². The number of carbonyl (C=O) groups is 1.